The minimum atomic E-state index is -3.64. The lowest BCUT2D eigenvalue weighted by molar-refractivity contribution is 0.102. The van der Waals surface area contributed by atoms with Crippen LogP contribution in [0.3, 0.4) is 0 Å². The lowest BCUT2D eigenvalue weighted by atomic mass is 10.1. The third-order valence-electron chi connectivity index (χ3n) is 5.46. The van der Waals surface area contributed by atoms with Crippen molar-refractivity contribution in [2.24, 2.45) is 0 Å². The second kappa shape index (κ2) is 9.45. The van der Waals surface area contributed by atoms with Gasteiger partial charge in [-0.05, 0) is 18.2 Å². The molecule has 174 valence electrons. The number of H-pyrrole nitrogens is 2. The second-order valence-electron chi connectivity index (χ2n) is 7.64. The smallest absolute Gasteiger partial charge is 0.272 e. The molecule has 0 radical (unpaired) electrons. The zero-order valence-electron chi connectivity index (χ0n) is 18.1. The standard InChI is InChI=1S/C23H22N6O3S2/c30-23(20-14-17(15-24-20)34(31,32)29-10-12-33-13-11-29)25-19-9-5-4-8-18(19)22-26-21(27-28-22)16-6-2-1-3-7-16/h1-9,14-15,24H,10-13H2,(H,25,30)(H,26,27,28). The molecule has 3 heterocycles. The van der Waals surface area contributed by atoms with Crippen molar-refractivity contribution >= 4 is 33.4 Å². The van der Waals surface area contributed by atoms with E-state index in [1.807, 2.05) is 42.5 Å². The molecule has 4 aromatic rings. The summed E-state index contributed by atoms with van der Waals surface area (Å²) in [6.07, 6.45) is 1.36. The number of carbonyl (C=O) groups is 1. The van der Waals surface area contributed by atoms with E-state index in [1.54, 1.807) is 23.9 Å². The number of benzene rings is 2. The number of rotatable bonds is 6. The molecule has 1 aliphatic heterocycles. The van der Waals surface area contributed by atoms with E-state index in [-0.39, 0.29) is 10.6 Å². The van der Waals surface area contributed by atoms with Crippen molar-refractivity contribution in [3.8, 4) is 22.8 Å². The summed E-state index contributed by atoms with van der Waals surface area (Å²) >= 11 is 1.73. The van der Waals surface area contributed by atoms with Gasteiger partial charge in [0.15, 0.2) is 11.6 Å². The minimum absolute atomic E-state index is 0.0839. The number of thioether (sulfide) groups is 1. The minimum Gasteiger partial charge on any atom is -0.356 e. The summed E-state index contributed by atoms with van der Waals surface area (Å²) in [4.78, 5) is 20.4. The van der Waals surface area contributed by atoms with Crippen molar-refractivity contribution < 1.29 is 13.2 Å². The van der Waals surface area contributed by atoms with E-state index in [0.717, 1.165) is 17.1 Å². The molecule has 2 aromatic carbocycles. The highest BCUT2D eigenvalue weighted by Gasteiger charge is 2.28. The third kappa shape index (κ3) is 4.49. The second-order valence-corrected chi connectivity index (χ2v) is 10.8. The quantitative estimate of drug-likeness (QED) is 0.377. The molecule has 1 aliphatic rings. The zero-order chi connectivity index (χ0) is 23.5. The molecular weight excluding hydrogens is 472 g/mol. The van der Waals surface area contributed by atoms with Gasteiger partial charge in [0.05, 0.1) is 5.69 Å². The Hall–Kier alpha value is -3.41. The van der Waals surface area contributed by atoms with E-state index in [4.69, 9.17) is 0 Å². The number of aromatic nitrogens is 4. The predicted octanol–water partition coefficient (Wildman–Crippen LogP) is 3.46. The van der Waals surface area contributed by atoms with Crippen LogP contribution >= 0.6 is 11.8 Å². The van der Waals surface area contributed by atoms with Gasteiger partial charge in [-0.3, -0.25) is 9.89 Å². The van der Waals surface area contributed by atoms with Crippen molar-refractivity contribution in [2.45, 2.75) is 4.90 Å². The van der Waals surface area contributed by atoms with Crippen LogP contribution in [0.25, 0.3) is 22.8 Å². The Morgan fingerprint density at radius 1 is 1.03 bits per heavy atom. The lowest BCUT2D eigenvalue weighted by Gasteiger charge is -2.24. The van der Waals surface area contributed by atoms with E-state index < -0.39 is 15.9 Å². The van der Waals surface area contributed by atoms with Crippen molar-refractivity contribution in [2.75, 3.05) is 29.9 Å². The summed E-state index contributed by atoms with van der Waals surface area (Å²) in [5.41, 5.74) is 2.22. The summed E-state index contributed by atoms with van der Waals surface area (Å²) in [7, 11) is -3.64. The number of carbonyl (C=O) groups excluding carboxylic acids is 1. The van der Waals surface area contributed by atoms with E-state index in [9.17, 15) is 13.2 Å². The van der Waals surface area contributed by atoms with Gasteiger partial charge in [-0.15, -0.1) is 0 Å². The molecule has 9 nitrogen and oxygen atoms in total. The maximum absolute atomic E-state index is 12.9. The van der Waals surface area contributed by atoms with Crippen LogP contribution in [0.4, 0.5) is 5.69 Å². The Morgan fingerprint density at radius 3 is 2.56 bits per heavy atom. The van der Waals surface area contributed by atoms with E-state index >= 15 is 0 Å². The highest BCUT2D eigenvalue weighted by Crippen LogP contribution is 2.27. The maximum Gasteiger partial charge on any atom is 0.272 e. The fourth-order valence-electron chi connectivity index (χ4n) is 3.68. The van der Waals surface area contributed by atoms with Crippen LogP contribution in [0.15, 0.2) is 71.8 Å². The largest absolute Gasteiger partial charge is 0.356 e. The Balaban J connectivity index is 1.36. The number of para-hydroxylation sites is 1. The highest BCUT2D eigenvalue weighted by molar-refractivity contribution is 7.99. The predicted molar refractivity (Wildman–Crippen MR) is 132 cm³/mol. The van der Waals surface area contributed by atoms with Crippen LogP contribution < -0.4 is 5.32 Å². The molecule has 0 aliphatic carbocycles. The Kier molecular flexibility index (Phi) is 6.22. The lowest BCUT2D eigenvalue weighted by Crippen LogP contribution is -2.37. The van der Waals surface area contributed by atoms with Crippen LogP contribution in [-0.4, -0.2) is 63.4 Å². The van der Waals surface area contributed by atoms with Crippen molar-refractivity contribution in [3.05, 3.63) is 72.6 Å². The van der Waals surface area contributed by atoms with Gasteiger partial charge in [0.2, 0.25) is 10.0 Å². The fourth-order valence-corrected chi connectivity index (χ4v) is 6.25. The summed E-state index contributed by atoms with van der Waals surface area (Å²) in [5, 5.41) is 10.1. The van der Waals surface area contributed by atoms with Gasteiger partial charge in [0, 0.05) is 41.9 Å². The summed E-state index contributed by atoms with van der Waals surface area (Å²) in [6, 6.07) is 18.2. The van der Waals surface area contributed by atoms with Gasteiger partial charge in [0.1, 0.15) is 10.6 Å². The number of nitrogens with zero attached hydrogens (tertiary/aromatic N) is 3. The molecule has 0 saturated carbocycles. The van der Waals surface area contributed by atoms with E-state index in [0.29, 0.717) is 36.0 Å². The number of nitrogens with one attached hydrogen (secondary N) is 3. The molecule has 0 bridgehead atoms. The number of hydrogen-bond donors (Lipinski definition) is 3. The molecule has 11 heteroatoms. The molecule has 1 amide bonds. The Morgan fingerprint density at radius 2 is 1.76 bits per heavy atom. The molecule has 0 atom stereocenters. The number of sulfonamides is 1. The van der Waals surface area contributed by atoms with Gasteiger partial charge < -0.3 is 10.3 Å². The topological polar surface area (TPSA) is 124 Å². The molecule has 5 rings (SSSR count). The van der Waals surface area contributed by atoms with Crippen molar-refractivity contribution in [1.82, 2.24) is 24.5 Å². The monoisotopic (exact) mass is 494 g/mol. The molecule has 34 heavy (non-hydrogen) atoms. The number of aromatic amines is 2. The van der Waals surface area contributed by atoms with Gasteiger partial charge in [-0.25, -0.2) is 13.4 Å². The average molecular weight is 495 g/mol. The summed E-state index contributed by atoms with van der Waals surface area (Å²) in [5.74, 6) is 2.13. The molecule has 3 N–H and O–H groups in total. The molecule has 0 unspecified atom stereocenters. The van der Waals surface area contributed by atoms with E-state index in [2.05, 4.69) is 25.5 Å². The number of hydrogen-bond acceptors (Lipinski definition) is 6. The van der Waals surface area contributed by atoms with Crippen LogP contribution in [-0.2, 0) is 10.0 Å². The van der Waals surface area contributed by atoms with Crippen LogP contribution in [0.1, 0.15) is 10.5 Å². The first-order valence-electron chi connectivity index (χ1n) is 10.7. The fraction of sp³-hybridized carbons (Fsp3) is 0.174. The molecule has 1 fully saturated rings. The summed E-state index contributed by atoms with van der Waals surface area (Å²) in [6.45, 7) is 0.935. The first kappa shape index (κ1) is 22.4. The molecule has 0 spiro atoms. The first-order chi connectivity index (χ1) is 16.5. The van der Waals surface area contributed by atoms with Crippen LogP contribution in [0.5, 0.6) is 0 Å². The number of anilines is 1. The Bertz CT molecular complexity index is 1410. The maximum atomic E-state index is 12.9. The van der Waals surface area contributed by atoms with E-state index in [1.165, 1.54) is 16.6 Å². The highest BCUT2D eigenvalue weighted by atomic mass is 32.2. The van der Waals surface area contributed by atoms with Crippen LogP contribution in [0.2, 0.25) is 0 Å². The molecule has 2 aromatic heterocycles. The van der Waals surface area contributed by atoms with Crippen LogP contribution in [0, 0.1) is 0 Å². The normalized spacial score (nSPS) is 14.7. The number of amides is 1. The zero-order valence-corrected chi connectivity index (χ0v) is 19.7. The Labute approximate surface area is 201 Å². The molecular formula is C23H22N6O3S2. The third-order valence-corrected chi connectivity index (χ3v) is 8.28. The van der Waals surface area contributed by atoms with Gasteiger partial charge in [0.25, 0.3) is 5.91 Å². The van der Waals surface area contributed by atoms with Gasteiger partial charge >= 0.3 is 0 Å². The molecule has 1 saturated heterocycles. The summed E-state index contributed by atoms with van der Waals surface area (Å²) < 4.78 is 27.2. The van der Waals surface area contributed by atoms with Gasteiger partial charge in [-0.1, -0.05) is 42.5 Å². The van der Waals surface area contributed by atoms with Crippen molar-refractivity contribution in [3.63, 3.8) is 0 Å². The van der Waals surface area contributed by atoms with Crippen molar-refractivity contribution in [1.29, 1.82) is 0 Å². The first-order valence-corrected chi connectivity index (χ1v) is 13.3. The average Bonchev–Trinajstić information content (AvgIpc) is 3.57. The SMILES string of the molecule is O=C(Nc1ccccc1-c1nc(-c2ccccc2)n[nH]1)c1cc(S(=O)(=O)N2CCSCC2)c[nH]1. The van der Waals surface area contributed by atoms with Gasteiger partial charge in [-0.2, -0.15) is 21.2 Å².